The largest absolute Gasteiger partial charge is 0.481 e. The molecule has 0 aromatic carbocycles. The highest BCUT2D eigenvalue weighted by atomic mass is 16.4. The lowest BCUT2D eigenvalue weighted by atomic mass is 9.82. The van der Waals surface area contributed by atoms with Crippen LogP contribution in [-0.2, 0) is 9.59 Å². The molecular weight excluding hydrogens is 196 g/mol. The summed E-state index contributed by atoms with van der Waals surface area (Å²) in [5, 5.41) is 17.3. The number of carbonyl (C=O) groups is 2. The Morgan fingerprint density at radius 2 is 1.53 bits per heavy atom. The van der Waals surface area contributed by atoms with Crippen LogP contribution in [0.25, 0.3) is 0 Å². The van der Waals surface area contributed by atoms with Crippen LogP contribution in [0.1, 0.15) is 46.0 Å². The lowest BCUT2D eigenvalue weighted by Crippen LogP contribution is -2.18. The van der Waals surface area contributed by atoms with E-state index in [2.05, 4.69) is 0 Å². The van der Waals surface area contributed by atoms with Crippen LogP contribution in [0.5, 0.6) is 0 Å². The van der Waals surface area contributed by atoms with Crippen molar-refractivity contribution in [2.75, 3.05) is 0 Å². The molecule has 4 heteroatoms. The van der Waals surface area contributed by atoms with Gasteiger partial charge in [-0.05, 0) is 18.3 Å². The number of hydrogen-bond donors (Lipinski definition) is 2. The zero-order valence-electron chi connectivity index (χ0n) is 9.40. The minimum atomic E-state index is -0.807. The normalized spacial score (nSPS) is 14.5. The first-order valence-corrected chi connectivity index (χ1v) is 5.44. The van der Waals surface area contributed by atoms with E-state index in [9.17, 15) is 9.59 Å². The summed E-state index contributed by atoms with van der Waals surface area (Å²) in [6.07, 6.45) is 2.50. The van der Waals surface area contributed by atoms with E-state index in [1.807, 2.05) is 13.8 Å². The Bertz CT molecular complexity index is 213. The monoisotopic (exact) mass is 216 g/mol. The van der Waals surface area contributed by atoms with Crippen molar-refractivity contribution < 1.29 is 19.8 Å². The first kappa shape index (κ1) is 13.9. The molecule has 0 fully saturated rings. The van der Waals surface area contributed by atoms with Crippen molar-refractivity contribution in [1.82, 2.24) is 0 Å². The van der Waals surface area contributed by atoms with Crippen LogP contribution in [0.3, 0.4) is 0 Å². The molecule has 2 unspecified atom stereocenters. The van der Waals surface area contributed by atoms with Crippen LogP contribution in [0, 0.1) is 11.8 Å². The van der Waals surface area contributed by atoms with Gasteiger partial charge < -0.3 is 10.2 Å². The fraction of sp³-hybridized carbons (Fsp3) is 0.818. The number of aliphatic carboxylic acids is 2. The van der Waals surface area contributed by atoms with Gasteiger partial charge in [-0.3, -0.25) is 9.59 Å². The average molecular weight is 216 g/mol. The fourth-order valence-electron chi connectivity index (χ4n) is 1.95. The first-order chi connectivity index (χ1) is 7.01. The van der Waals surface area contributed by atoms with E-state index in [0.717, 1.165) is 12.8 Å². The molecule has 0 heterocycles. The minimum absolute atomic E-state index is 0.104. The van der Waals surface area contributed by atoms with Crippen LogP contribution in [0.2, 0.25) is 0 Å². The summed E-state index contributed by atoms with van der Waals surface area (Å²) in [6.45, 7) is 3.94. The highest BCUT2D eigenvalue weighted by molar-refractivity contribution is 5.67. The second-order valence-corrected chi connectivity index (χ2v) is 3.87. The van der Waals surface area contributed by atoms with Gasteiger partial charge in [-0.1, -0.05) is 26.7 Å². The summed E-state index contributed by atoms with van der Waals surface area (Å²) in [6, 6.07) is 0. The van der Waals surface area contributed by atoms with Gasteiger partial charge in [0, 0.05) is 12.8 Å². The molecule has 4 nitrogen and oxygen atoms in total. The van der Waals surface area contributed by atoms with Crippen LogP contribution in [0.15, 0.2) is 0 Å². The van der Waals surface area contributed by atoms with Gasteiger partial charge in [-0.2, -0.15) is 0 Å². The summed E-state index contributed by atoms with van der Waals surface area (Å²) in [7, 11) is 0. The van der Waals surface area contributed by atoms with E-state index in [1.54, 1.807) is 0 Å². The highest BCUT2D eigenvalue weighted by Gasteiger charge is 2.21. The van der Waals surface area contributed by atoms with Crippen molar-refractivity contribution >= 4 is 11.9 Å². The van der Waals surface area contributed by atoms with Gasteiger partial charge in [-0.25, -0.2) is 0 Å². The predicted octanol–water partition coefficient (Wildman–Crippen LogP) is 2.38. The van der Waals surface area contributed by atoms with Crippen LogP contribution in [0.4, 0.5) is 0 Å². The van der Waals surface area contributed by atoms with Crippen molar-refractivity contribution in [2.45, 2.75) is 46.0 Å². The maximum Gasteiger partial charge on any atom is 0.303 e. The lowest BCUT2D eigenvalue weighted by Gasteiger charge is -2.23. The lowest BCUT2D eigenvalue weighted by molar-refractivity contribution is -0.138. The van der Waals surface area contributed by atoms with Crippen molar-refractivity contribution in [2.24, 2.45) is 11.8 Å². The van der Waals surface area contributed by atoms with Gasteiger partial charge in [0.2, 0.25) is 0 Å². The Kier molecular flexibility index (Phi) is 6.75. The second-order valence-electron chi connectivity index (χ2n) is 3.87. The fourth-order valence-corrected chi connectivity index (χ4v) is 1.95. The number of rotatable bonds is 8. The molecule has 0 aliphatic heterocycles. The summed E-state index contributed by atoms with van der Waals surface area (Å²) in [5.41, 5.74) is 0. The van der Waals surface area contributed by atoms with E-state index in [0.29, 0.717) is 6.42 Å². The molecule has 0 rings (SSSR count). The van der Waals surface area contributed by atoms with Gasteiger partial charge in [0.15, 0.2) is 0 Å². The van der Waals surface area contributed by atoms with Gasteiger partial charge >= 0.3 is 11.9 Å². The van der Waals surface area contributed by atoms with Crippen LogP contribution in [-0.4, -0.2) is 22.2 Å². The first-order valence-electron chi connectivity index (χ1n) is 5.44. The van der Waals surface area contributed by atoms with Gasteiger partial charge in [0.05, 0.1) is 0 Å². The van der Waals surface area contributed by atoms with Gasteiger partial charge in [0.25, 0.3) is 0 Å². The van der Waals surface area contributed by atoms with Gasteiger partial charge in [0.1, 0.15) is 0 Å². The average Bonchev–Trinajstić information content (AvgIpc) is 2.15. The zero-order valence-corrected chi connectivity index (χ0v) is 9.40. The van der Waals surface area contributed by atoms with E-state index in [-0.39, 0.29) is 24.7 Å². The molecule has 0 aromatic heterocycles. The molecule has 0 saturated carbocycles. The minimum Gasteiger partial charge on any atom is -0.481 e. The van der Waals surface area contributed by atoms with Crippen LogP contribution >= 0.6 is 0 Å². The molecule has 88 valence electrons. The van der Waals surface area contributed by atoms with E-state index in [4.69, 9.17) is 10.2 Å². The van der Waals surface area contributed by atoms with E-state index in [1.165, 1.54) is 0 Å². The summed E-state index contributed by atoms with van der Waals surface area (Å²) >= 11 is 0. The van der Waals surface area contributed by atoms with Crippen molar-refractivity contribution in [1.29, 1.82) is 0 Å². The predicted molar refractivity (Wildman–Crippen MR) is 56.7 cm³/mol. The smallest absolute Gasteiger partial charge is 0.303 e. The Balaban J connectivity index is 4.19. The van der Waals surface area contributed by atoms with Gasteiger partial charge in [-0.15, -0.1) is 0 Å². The van der Waals surface area contributed by atoms with Crippen molar-refractivity contribution in [3.05, 3.63) is 0 Å². The van der Waals surface area contributed by atoms with Crippen molar-refractivity contribution in [3.63, 3.8) is 0 Å². The quantitative estimate of drug-likeness (QED) is 0.653. The number of carboxylic acid groups (broad SMARTS) is 2. The summed E-state index contributed by atoms with van der Waals surface area (Å²) < 4.78 is 0. The van der Waals surface area contributed by atoms with E-state index >= 15 is 0 Å². The Hall–Kier alpha value is -1.06. The SMILES string of the molecule is CCC(CCC(=O)O)C(CC)CC(=O)O. The number of carboxylic acids is 2. The Morgan fingerprint density at radius 3 is 1.87 bits per heavy atom. The Morgan fingerprint density at radius 1 is 1.00 bits per heavy atom. The molecule has 0 radical (unpaired) electrons. The summed E-state index contributed by atoms with van der Waals surface area (Å²) in [5.74, 6) is -1.29. The van der Waals surface area contributed by atoms with Crippen LogP contribution < -0.4 is 0 Å². The third-order valence-corrected chi connectivity index (χ3v) is 2.88. The standard InChI is InChI=1S/C11H20O4/c1-3-8(5-6-10(12)13)9(4-2)7-11(14)15/h8-9H,3-7H2,1-2H3,(H,12,13)(H,14,15). The summed E-state index contributed by atoms with van der Waals surface area (Å²) in [4.78, 5) is 21.0. The Labute approximate surface area is 90.3 Å². The molecule has 0 aliphatic carbocycles. The zero-order chi connectivity index (χ0) is 11.8. The second kappa shape index (κ2) is 7.26. The molecule has 0 aromatic rings. The maximum atomic E-state index is 10.6. The molecule has 2 N–H and O–H groups in total. The molecule has 2 atom stereocenters. The molecule has 0 saturated heterocycles. The molecule has 0 spiro atoms. The van der Waals surface area contributed by atoms with E-state index < -0.39 is 11.9 Å². The highest BCUT2D eigenvalue weighted by Crippen LogP contribution is 2.27. The third kappa shape index (κ3) is 6.10. The van der Waals surface area contributed by atoms with Crippen molar-refractivity contribution in [3.8, 4) is 0 Å². The molecule has 0 amide bonds. The maximum absolute atomic E-state index is 10.6. The third-order valence-electron chi connectivity index (χ3n) is 2.88. The number of hydrogen-bond acceptors (Lipinski definition) is 2. The molecular formula is C11H20O4. The molecule has 15 heavy (non-hydrogen) atoms. The molecule has 0 bridgehead atoms. The topological polar surface area (TPSA) is 74.6 Å². The molecule has 0 aliphatic rings.